The summed E-state index contributed by atoms with van der Waals surface area (Å²) in [7, 11) is 2.88. The SMILES string of the molecule is COc1cc(C#CSI)c(C=O)cn1. The van der Waals surface area contributed by atoms with Crippen LogP contribution in [0, 0.1) is 11.2 Å². The molecule has 0 N–H and O–H groups in total. The Morgan fingerprint density at radius 1 is 1.71 bits per heavy atom. The van der Waals surface area contributed by atoms with Gasteiger partial charge in [-0.25, -0.2) is 4.98 Å². The van der Waals surface area contributed by atoms with Crippen molar-refractivity contribution in [1.29, 1.82) is 0 Å². The number of hydrogen-bond donors (Lipinski definition) is 0. The zero-order valence-electron chi connectivity index (χ0n) is 7.28. The lowest BCUT2D eigenvalue weighted by Gasteiger charge is -2.00. The fourth-order valence-electron chi connectivity index (χ4n) is 0.835. The molecular weight excluding hydrogens is 313 g/mol. The van der Waals surface area contributed by atoms with Gasteiger partial charge >= 0.3 is 0 Å². The summed E-state index contributed by atoms with van der Waals surface area (Å²) in [5.41, 5.74) is 1.11. The van der Waals surface area contributed by atoms with E-state index in [0.717, 1.165) is 6.29 Å². The van der Waals surface area contributed by atoms with Crippen LogP contribution in [0.1, 0.15) is 15.9 Å². The normalized spacial score (nSPS) is 8.71. The molecule has 0 spiro atoms. The van der Waals surface area contributed by atoms with Crippen LogP contribution in [0.2, 0.25) is 0 Å². The number of methoxy groups -OCH3 is 1. The minimum absolute atomic E-state index is 0.457. The molecule has 0 aliphatic carbocycles. The van der Waals surface area contributed by atoms with Gasteiger partial charge in [-0.2, -0.15) is 0 Å². The first-order valence-electron chi connectivity index (χ1n) is 3.59. The van der Waals surface area contributed by atoms with Crippen LogP contribution in [0.3, 0.4) is 0 Å². The van der Waals surface area contributed by atoms with Gasteiger partial charge in [0.15, 0.2) is 6.29 Å². The van der Waals surface area contributed by atoms with Crippen molar-refractivity contribution in [2.24, 2.45) is 0 Å². The van der Waals surface area contributed by atoms with Crippen LogP contribution in [-0.4, -0.2) is 18.4 Å². The van der Waals surface area contributed by atoms with Crippen LogP contribution in [0.15, 0.2) is 12.3 Å². The number of pyridine rings is 1. The van der Waals surface area contributed by atoms with Gasteiger partial charge in [-0.1, -0.05) is 5.92 Å². The first-order chi connectivity index (χ1) is 6.81. The van der Waals surface area contributed by atoms with Crippen LogP contribution in [0.5, 0.6) is 5.88 Å². The summed E-state index contributed by atoms with van der Waals surface area (Å²) in [6.07, 6.45) is 2.18. The zero-order valence-corrected chi connectivity index (χ0v) is 10.3. The Morgan fingerprint density at radius 3 is 3.07 bits per heavy atom. The highest BCUT2D eigenvalue weighted by Gasteiger charge is 2.01. The van der Waals surface area contributed by atoms with Gasteiger partial charge in [0.1, 0.15) is 0 Å². The van der Waals surface area contributed by atoms with Crippen molar-refractivity contribution in [3.63, 3.8) is 0 Å². The average molecular weight is 319 g/mol. The standard InChI is InChI=1S/C9H6INO2S/c1-13-9-4-7(2-3-14-10)8(6-12)5-11-9/h4-6H,1H3. The maximum atomic E-state index is 10.6. The summed E-state index contributed by atoms with van der Waals surface area (Å²) in [4.78, 5) is 14.5. The molecule has 0 saturated heterocycles. The molecule has 0 amide bonds. The molecule has 1 heterocycles. The Kier molecular flexibility index (Phi) is 4.76. The minimum atomic E-state index is 0.457. The molecule has 0 aromatic carbocycles. The van der Waals surface area contributed by atoms with Crippen molar-refractivity contribution < 1.29 is 9.53 Å². The van der Waals surface area contributed by atoms with Gasteiger partial charge in [0.25, 0.3) is 0 Å². The number of nitrogens with zero attached hydrogens (tertiary/aromatic N) is 1. The van der Waals surface area contributed by atoms with Gasteiger partial charge in [-0.05, 0) is 14.2 Å². The number of ether oxygens (including phenoxy) is 1. The molecule has 0 radical (unpaired) electrons. The van der Waals surface area contributed by atoms with Crippen LogP contribution in [0.25, 0.3) is 0 Å². The molecule has 0 aliphatic heterocycles. The lowest BCUT2D eigenvalue weighted by Crippen LogP contribution is -1.93. The van der Waals surface area contributed by atoms with E-state index in [4.69, 9.17) is 4.74 Å². The lowest BCUT2D eigenvalue weighted by molar-refractivity contribution is 0.112. The third kappa shape index (κ3) is 2.89. The largest absolute Gasteiger partial charge is 0.481 e. The topological polar surface area (TPSA) is 39.2 Å². The third-order valence-corrected chi connectivity index (χ3v) is 2.31. The van der Waals surface area contributed by atoms with Crippen molar-refractivity contribution in [1.82, 2.24) is 4.98 Å². The number of rotatable bonds is 2. The zero-order chi connectivity index (χ0) is 10.4. The predicted molar refractivity (Wildman–Crippen MR) is 64.7 cm³/mol. The fourth-order valence-corrected chi connectivity index (χ4v) is 1.31. The van der Waals surface area contributed by atoms with E-state index in [1.165, 1.54) is 22.2 Å². The first kappa shape index (κ1) is 11.3. The maximum absolute atomic E-state index is 10.6. The third-order valence-electron chi connectivity index (χ3n) is 1.47. The molecule has 0 bridgehead atoms. The minimum Gasteiger partial charge on any atom is -0.481 e. The number of carbonyl (C=O) groups is 1. The molecule has 0 atom stereocenters. The van der Waals surface area contributed by atoms with E-state index in [2.05, 4.69) is 37.4 Å². The number of halogens is 1. The van der Waals surface area contributed by atoms with E-state index in [1.54, 1.807) is 6.07 Å². The first-order valence-corrected chi connectivity index (χ1v) is 6.95. The van der Waals surface area contributed by atoms with Crippen molar-refractivity contribution in [3.05, 3.63) is 23.4 Å². The molecule has 72 valence electrons. The van der Waals surface area contributed by atoms with Crippen LogP contribution < -0.4 is 4.74 Å². The highest BCUT2D eigenvalue weighted by molar-refractivity contribution is 14.2. The van der Waals surface area contributed by atoms with Crippen molar-refractivity contribution in [2.45, 2.75) is 0 Å². The number of aromatic nitrogens is 1. The Hall–Kier alpha value is -0.740. The quantitative estimate of drug-likeness (QED) is 0.476. The molecule has 0 unspecified atom stereocenters. The molecule has 1 rings (SSSR count). The lowest BCUT2D eigenvalue weighted by atomic mass is 10.2. The van der Waals surface area contributed by atoms with Gasteiger partial charge < -0.3 is 4.74 Å². The number of aldehydes is 1. The monoisotopic (exact) mass is 319 g/mol. The second-order valence-corrected chi connectivity index (χ2v) is 3.92. The van der Waals surface area contributed by atoms with Crippen molar-refractivity contribution >= 4 is 36.4 Å². The smallest absolute Gasteiger partial charge is 0.214 e. The van der Waals surface area contributed by atoms with Crippen LogP contribution >= 0.6 is 30.1 Å². The van der Waals surface area contributed by atoms with Crippen LogP contribution in [0.4, 0.5) is 0 Å². The van der Waals surface area contributed by atoms with E-state index < -0.39 is 0 Å². The summed E-state index contributed by atoms with van der Waals surface area (Å²) < 4.78 is 4.93. The molecule has 3 nitrogen and oxygen atoms in total. The Bertz CT molecular complexity index is 398. The second-order valence-electron chi connectivity index (χ2n) is 2.24. The molecule has 1 aromatic rings. The molecule has 0 saturated carbocycles. The van der Waals surface area contributed by atoms with Gasteiger partial charge in [-0.15, -0.1) is 0 Å². The van der Waals surface area contributed by atoms with E-state index >= 15 is 0 Å². The highest BCUT2D eigenvalue weighted by Crippen LogP contribution is 2.13. The second kappa shape index (κ2) is 5.88. The van der Waals surface area contributed by atoms with Gasteiger partial charge in [-0.3, -0.25) is 4.79 Å². The highest BCUT2D eigenvalue weighted by atomic mass is 127. The van der Waals surface area contributed by atoms with Crippen molar-refractivity contribution in [3.8, 4) is 17.1 Å². The average Bonchev–Trinajstić information content (AvgIpc) is 2.25. The van der Waals surface area contributed by atoms with E-state index in [9.17, 15) is 4.79 Å². The van der Waals surface area contributed by atoms with Gasteiger partial charge in [0.05, 0.1) is 7.11 Å². The Balaban J connectivity index is 3.14. The van der Waals surface area contributed by atoms with Crippen molar-refractivity contribution in [2.75, 3.05) is 7.11 Å². The van der Waals surface area contributed by atoms with E-state index in [1.807, 2.05) is 0 Å². The number of hydrogen-bond acceptors (Lipinski definition) is 4. The molecule has 1 aromatic heterocycles. The molecular formula is C9H6INO2S. The van der Waals surface area contributed by atoms with Crippen LogP contribution in [-0.2, 0) is 0 Å². The predicted octanol–water partition coefficient (Wildman–Crippen LogP) is 2.29. The number of carbonyl (C=O) groups excluding carboxylic acids is 1. The summed E-state index contributed by atoms with van der Waals surface area (Å²) in [5.74, 6) is 3.30. The summed E-state index contributed by atoms with van der Waals surface area (Å²) in [5, 5.41) is 2.80. The summed E-state index contributed by atoms with van der Waals surface area (Å²) >= 11 is 2.06. The maximum Gasteiger partial charge on any atom is 0.214 e. The molecule has 0 fully saturated rings. The van der Waals surface area contributed by atoms with Gasteiger partial charge in [0.2, 0.25) is 5.88 Å². The van der Waals surface area contributed by atoms with E-state index in [-0.39, 0.29) is 0 Å². The van der Waals surface area contributed by atoms with Gasteiger partial charge in [0, 0.05) is 44.6 Å². The summed E-state index contributed by atoms with van der Waals surface area (Å²) in [6.45, 7) is 0. The molecule has 14 heavy (non-hydrogen) atoms. The van der Waals surface area contributed by atoms with E-state index in [0.29, 0.717) is 17.0 Å². The fraction of sp³-hybridized carbons (Fsp3) is 0.111. The Morgan fingerprint density at radius 2 is 2.50 bits per heavy atom. The molecule has 0 aliphatic rings. The summed E-state index contributed by atoms with van der Waals surface area (Å²) in [6, 6.07) is 1.64. The molecule has 5 heteroatoms. The Labute approximate surface area is 98.2 Å².